The number of imide groups is 1. The number of carbonyl (C=O) groups is 7. The van der Waals surface area contributed by atoms with Crippen LogP contribution in [0.5, 0.6) is 0 Å². The molecule has 11 nitrogen and oxygen atoms in total. The molecule has 0 saturated carbocycles. The lowest BCUT2D eigenvalue weighted by Gasteiger charge is -2.22. The summed E-state index contributed by atoms with van der Waals surface area (Å²) in [6.07, 6.45) is 2.48. The monoisotopic (exact) mass is 569 g/mol. The molecular weight excluding hydrogens is 530 g/mol. The topological polar surface area (TPSA) is 156 Å². The van der Waals surface area contributed by atoms with E-state index < -0.39 is 41.6 Å². The van der Waals surface area contributed by atoms with Crippen LogP contribution in [-0.2, 0) is 44.9 Å². The molecule has 0 spiro atoms. The minimum absolute atomic E-state index is 0.0488. The predicted molar refractivity (Wildman–Crippen MR) is 150 cm³/mol. The van der Waals surface area contributed by atoms with Gasteiger partial charge in [-0.15, -0.1) is 0 Å². The Morgan fingerprint density at radius 3 is 2.05 bits per heavy atom. The molecule has 0 bridgehead atoms. The van der Waals surface area contributed by atoms with Gasteiger partial charge in [-0.2, -0.15) is 0 Å². The van der Waals surface area contributed by atoms with Crippen molar-refractivity contribution in [2.75, 3.05) is 11.9 Å². The fourth-order valence-corrected chi connectivity index (χ4v) is 4.23. The average molecular weight is 570 g/mol. The van der Waals surface area contributed by atoms with E-state index in [1.165, 1.54) is 6.92 Å². The fourth-order valence-electron chi connectivity index (χ4n) is 4.23. The van der Waals surface area contributed by atoms with E-state index in [0.29, 0.717) is 12.1 Å². The van der Waals surface area contributed by atoms with E-state index in [9.17, 15) is 33.6 Å². The van der Waals surface area contributed by atoms with E-state index in [4.69, 9.17) is 4.74 Å². The van der Waals surface area contributed by atoms with Crippen molar-refractivity contribution in [1.82, 2.24) is 10.2 Å². The van der Waals surface area contributed by atoms with Gasteiger partial charge in [0.2, 0.25) is 11.8 Å². The number of anilines is 1. The van der Waals surface area contributed by atoms with Crippen molar-refractivity contribution in [3.8, 4) is 0 Å². The number of hydrogen-bond acceptors (Lipinski definition) is 8. The number of nitrogens with one attached hydrogen (secondary N) is 2. The fraction of sp³-hybridized carbons (Fsp3) is 0.500. The number of ether oxygens (including phenoxy) is 1. The van der Waals surface area contributed by atoms with Gasteiger partial charge in [-0.25, -0.2) is 0 Å². The van der Waals surface area contributed by atoms with E-state index in [0.717, 1.165) is 22.6 Å². The van der Waals surface area contributed by atoms with Crippen LogP contribution in [0.25, 0.3) is 0 Å². The van der Waals surface area contributed by atoms with Crippen LogP contribution in [-0.4, -0.2) is 58.7 Å². The summed E-state index contributed by atoms with van der Waals surface area (Å²) in [6.45, 7) is 8.39. The summed E-state index contributed by atoms with van der Waals surface area (Å²) < 4.78 is 4.93. The minimum Gasteiger partial charge on any atom is -0.461 e. The van der Waals surface area contributed by atoms with E-state index in [1.807, 2.05) is 13.8 Å². The maximum absolute atomic E-state index is 13.0. The summed E-state index contributed by atoms with van der Waals surface area (Å²) in [6, 6.07) is 5.90. The zero-order valence-corrected chi connectivity index (χ0v) is 24.2. The zero-order valence-electron chi connectivity index (χ0n) is 24.2. The predicted octanol–water partition coefficient (Wildman–Crippen LogP) is 2.72. The standard InChI is InChI=1S/C30H39N3O8/c1-18(2)14-23(16-25(35)12-13-33-27(37)10-11-28(33)38)30(40)31-20(4)26(36)15-19(3)29(39)32-24-8-6-22(7-9-24)17-41-21(5)34/h6-11,18-20,23H,12-17H2,1-5H3,(H,31,40)(H,32,39)/t19-,20+,23+/m1/s1. The quantitative estimate of drug-likeness (QED) is 0.227. The van der Waals surface area contributed by atoms with Gasteiger partial charge in [-0.1, -0.05) is 32.9 Å². The van der Waals surface area contributed by atoms with Crippen LogP contribution in [0.4, 0.5) is 5.69 Å². The first-order valence-corrected chi connectivity index (χ1v) is 13.7. The van der Waals surface area contributed by atoms with Crippen molar-refractivity contribution in [3.63, 3.8) is 0 Å². The highest BCUT2D eigenvalue weighted by atomic mass is 16.5. The van der Waals surface area contributed by atoms with Gasteiger partial charge in [-0.3, -0.25) is 38.5 Å². The second kappa shape index (κ2) is 15.6. The molecule has 1 heterocycles. The lowest BCUT2D eigenvalue weighted by Crippen LogP contribution is -2.43. The van der Waals surface area contributed by atoms with E-state index in [-0.39, 0.29) is 55.8 Å². The smallest absolute Gasteiger partial charge is 0.302 e. The largest absolute Gasteiger partial charge is 0.461 e. The van der Waals surface area contributed by atoms with Crippen LogP contribution in [0.2, 0.25) is 0 Å². The number of nitrogens with zero attached hydrogens (tertiary/aromatic N) is 1. The Morgan fingerprint density at radius 2 is 1.49 bits per heavy atom. The van der Waals surface area contributed by atoms with Gasteiger partial charge in [0.1, 0.15) is 12.4 Å². The Hall–Kier alpha value is -4.15. The maximum Gasteiger partial charge on any atom is 0.302 e. The normalized spacial score (nSPS) is 14.9. The number of hydrogen-bond donors (Lipinski definition) is 2. The molecule has 1 aliphatic rings. The van der Waals surface area contributed by atoms with Crippen LogP contribution in [0, 0.1) is 17.8 Å². The number of Topliss-reactive ketones (excluding diaryl/α,β-unsaturated/α-hetero) is 2. The van der Waals surface area contributed by atoms with Crippen LogP contribution in [0.1, 0.15) is 65.9 Å². The number of esters is 1. The Kier molecular flexibility index (Phi) is 12.6. The van der Waals surface area contributed by atoms with Crippen LogP contribution in [0.15, 0.2) is 36.4 Å². The molecule has 4 amide bonds. The third kappa shape index (κ3) is 11.1. The molecule has 0 aromatic heterocycles. The molecule has 1 aromatic carbocycles. The van der Waals surface area contributed by atoms with Crippen LogP contribution in [0.3, 0.4) is 0 Å². The summed E-state index contributed by atoms with van der Waals surface area (Å²) in [7, 11) is 0. The van der Waals surface area contributed by atoms with Gasteiger partial charge in [0.25, 0.3) is 11.8 Å². The third-order valence-electron chi connectivity index (χ3n) is 6.58. The Labute approximate surface area is 240 Å². The van der Waals surface area contributed by atoms with Gasteiger partial charge in [0.05, 0.1) is 6.04 Å². The lowest BCUT2D eigenvalue weighted by atomic mass is 9.90. The van der Waals surface area contributed by atoms with Gasteiger partial charge in [0.15, 0.2) is 5.78 Å². The maximum atomic E-state index is 13.0. The molecule has 222 valence electrons. The van der Waals surface area contributed by atoms with Crippen LogP contribution >= 0.6 is 0 Å². The minimum atomic E-state index is -0.867. The molecule has 1 aromatic rings. The number of benzene rings is 1. The molecule has 0 fully saturated rings. The first-order valence-electron chi connectivity index (χ1n) is 13.7. The Balaban J connectivity index is 1.86. The molecule has 0 aliphatic carbocycles. The van der Waals surface area contributed by atoms with Gasteiger partial charge in [-0.05, 0) is 37.0 Å². The van der Waals surface area contributed by atoms with Gasteiger partial charge in [0, 0.05) is 62.4 Å². The van der Waals surface area contributed by atoms with Crippen molar-refractivity contribution in [2.24, 2.45) is 17.8 Å². The highest BCUT2D eigenvalue weighted by molar-refractivity contribution is 6.13. The highest BCUT2D eigenvalue weighted by Gasteiger charge is 2.29. The van der Waals surface area contributed by atoms with Crippen molar-refractivity contribution in [2.45, 2.75) is 73.0 Å². The highest BCUT2D eigenvalue weighted by Crippen LogP contribution is 2.19. The van der Waals surface area contributed by atoms with Crippen molar-refractivity contribution in [1.29, 1.82) is 0 Å². The summed E-state index contributed by atoms with van der Waals surface area (Å²) in [5.74, 6) is -3.95. The van der Waals surface area contributed by atoms with Crippen molar-refractivity contribution < 1.29 is 38.3 Å². The Bertz CT molecular complexity index is 1170. The van der Waals surface area contributed by atoms with Crippen molar-refractivity contribution >= 4 is 46.9 Å². The molecule has 0 radical (unpaired) electrons. The number of carbonyl (C=O) groups excluding carboxylic acids is 7. The van der Waals surface area contributed by atoms with Crippen molar-refractivity contribution in [3.05, 3.63) is 42.0 Å². The second-order valence-corrected chi connectivity index (χ2v) is 10.7. The number of amides is 4. The van der Waals surface area contributed by atoms with Gasteiger partial charge >= 0.3 is 5.97 Å². The first kappa shape index (κ1) is 33.1. The summed E-state index contributed by atoms with van der Waals surface area (Å²) in [4.78, 5) is 86.4. The molecule has 11 heteroatoms. The van der Waals surface area contributed by atoms with E-state index in [1.54, 1.807) is 38.1 Å². The second-order valence-electron chi connectivity index (χ2n) is 10.7. The molecule has 2 N–H and O–H groups in total. The first-order chi connectivity index (χ1) is 19.3. The molecule has 1 aliphatic heterocycles. The number of ketones is 2. The molecular formula is C30H39N3O8. The molecule has 2 rings (SSSR count). The number of rotatable bonds is 16. The van der Waals surface area contributed by atoms with E-state index >= 15 is 0 Å². The summed E-state index contributed by atoms with van der Waals surface area (Å²) in [5.41, 5.74) is 1.29. The average Bonchev–Trinajstić information content (AvgIpc) is 3.22. The molecule has 0 unspecified atom stereocenters. The molecule has 0 saturated heterocycles. The lowest BCUT2D eigenvalue weighted by molar-refractivity contribution is -0.142. The van der Waals surface area contributed by atoms with Crippen LogP contribution < -0.4 is 10.6 Å². The summed E-state index contributed by atoms with van der Waals surface area (Å²) in [5, 5.41) is 5.43. The summed E-state index contributed by atoms with van der Waals surface area (Å²) >= 11 is 0. The third-order valence-corrected chi connectivity index (χ3v) is 6.58. The molecule has 41 heavy (non-hydrogen) atoms. The SMILES string of the molecule is CC(=O)OCc1ccc(NC(=O)[C@H](C)CC(=O)[C@H](C)NC(=O)[C@H](CC(=O)CCN2C(=O)C=CC2=O)CC(C)C)cc1. The molecule has 3 atom stereocenters. The van der Waals surface area contributed by atoms with E-state index in [2.05, 4.69) is 10.6 Å². The van der Waals surface area contributed by atoms with Gasteiger partial charge < -0.3 is 15.4 Å². The Morgan fingerprint density at radius 1 is 0.878 bits per heavy atom. The zero-order chi connectivity index (χ0) is 30.7.